The fourth-order valence-corrected chi connectivity index (χ4v) is 7.19. The second-order valence-corrected chi connectivity index (χ2v) is 11.1. The molecule has 2 aliphatic rings. The zero-order valence-electron chi connectivity index (χ0n) is 18.4. The summed E-state index contributed by atoms with van der Waals surface area (Å²) in [6.45, 7) is 1.15. The van der Waals surface area contributed by atoms with Crippen molar-refractivity contribution in [1.82, 2.24) is 24.2 Å². The minimum absolute atomic E-state index is 0.202. The Labute approximate surface area is 189 Å². The SMILES string of the molecule is CN(c1ncnc2[nH]ccc12)C1CCC(CS(=O)(=O)N2CC[C@H](c3ccccn3)C2)CC1. The number of aromatic amines is 1. The number of nitrogens with one attached hydrogen (secondary N) is 1. The summed E-state index contributed by atoms with van der Waals surface area (Å²) >= 11 is 0. The third kappa shape index (κ3) is 4.23. The standard InChI is InChI=1S/C23H30N6O2S/c1-28(23-20-9-12-25-22(20)26-16-27-23)19-7-5-17(6-8-19)15-32(30,31)29-13-10-18(14-29)21-4-2-3-11-24-21/h2-4,9,11-12,16-19H,5-8,10,13-15H2,1H3,(H,25,26,27)/t17?,18-,19?/m0/s1. The van der Waals surface area contributed by atoms with Crippen LogP contribution in [0.5, 0.6) is 0 Å². The maximum Gasteiger partial charge on any atom is 0.214 e. The summed E-state index contributed by atoms with van der Waals surface area (Å²) in [5.74, 6) is 1.61. The monoisotopic (exact) mass is 454 g/mol. The number of anilines is 1. The first-order chi connectivity index (χ1) is 15.5. The van der Waals surface area contributed by atoms with Crippen LogP contribution in [0, 0.1) is 5.92 Å². The van der Waals surface area contributed by atoms with Crippen molar-refractivity contribution in [1.29, 1.82) is 0 Å². The van der Waals surface area contributed by atoms with Crippen molar-refractivity contribution >= 4 is 26.9 Å². The Morgan fingerprint density at radius 2 is 1.94 bits per heavy atom. The number of aromatic nitrogens is 4. The number of rotatable bonds is 6. The molecular weight excluding hydrogens is 424 g/mol. The average molecular weight is 455 g/mol. The first-order valence-corrected chi connectivity index (χ1v) is 13.0. The lowest BCUT2D eigenvalue weighted by molar-refractivity contribution is 0.336. The Morgan fingerprint density at radius 3 is 2.72 bits per heavy atom. The van der Waals surface area contributed by atoms with Crippen LogP contribution >= 0.6 is 0 Å². The fraction of sp³-hybridized carbons (Fsp3) is 0.522. The highest BCUT2D eigenvalue weighted by atomic mass is 32.2. The summed E-state index contributed by atoms with van der Waals surface area (Å²) < 4.78 is 27.9. The van der Waals surface area contributed by atoms with Gasteiger partial charge in [0.15, 0.2) is 0 Å². The van der Waals surface area contributed by atoms with Gasteiger partial charge in [-0.05, 0) is 56.2 Å². The molecular formula is C23H30N6O2S. The van der Waals surface area contributed by atoms with Gasteiger partial charge in [0.1, 0.15) is 17.8 Å². The molecule has 32 heavy (non-hydrogen) atoms. The number of pyridine rings is 1. The quantitative estimate of drug-likeness (QED) is 0.615. The van der Waals surface area contributed by atoms with E-state index in [1.54, 1.807) is 16.8 Å². The Kier molecular flexibility index (Phi) is 5.86. The predicted molar refractivity (Wildman–Crippen MR) is 125 cm³/mol. The molecule has 4 heterocycles. The van der Waals surface area contributed by atoms with Crippen LogP contribution in [0.25, 0.3) is 11.0 Å². The van der Waals surface area contributed by atoms with Crippen LogP contribution in [-0.2, 0) is 10.0 Å². The van der Waals surface area contributed by atoms with E-state index in [1.165, 1.54) is 0 Å². The van der Waals surface area contributed by atoms with E-state index in [2.05, 4.69) is 31.9 Å². The molecule has 170 valence electrons. The molecule has 1 aliphatic heterocycles. The number of sulfonamides is 1. The summed E-state index contributed by atoms with van der Waals surface area (Å²) in [5, 5.41) is 1.02. The first kappa shape index (κ1) is 21.3. The largest absolute Gasteiger partial charge is 0.356 e. The topological polar surface area (TPSA) is 95.1 Å². The van der Waals surface area contributed by atoms with Crippen LogP contribution in [0.2, 0.25) is 0 Å². The molecule has 3 aromatic rings. The second kappa shape index (κ2) is 8.78. The van der Waals surface area contributed by atoms with Crippen LogP contribution in [0.1, 0.15) is 43.7 Å². The van der Waals surface area contributed by atoms with Gasteiger partial charge >= 0.3 is 0 Å². The van der Waals surface area contributed by atoms with E-state index in [4.69, 9.17) is 0 Å². The number of fused-ring (bicyclic) bond motifs is 1. The third-order valence-electron chi connectivity index (χ3n) is 7.13. The molecule has 3 aromatic heterocycles. The molecule has 1 N–H and O–H groups in total. The molecule has 0 bridgehead atoms. The molecule has 1 saturated heterocycles. The van der Waals surface area contributed by atoms with Crippen LogP contribution in [-0.4, -0.2) is 64.6 Å². The van der Waals surface area contributed by atoms with E-state index < -0.39 is 10.0 Å². The summed E-state index contributed by atoms with van der Waals surface area (Å²) in [7, 11) is -1.16. The average Bonchev–Trinajstić information content (AvgIpc) is 3.50. The van der Waals surface area contributed by atoms with E-state index >= 15 is 0 Å². The highest BCUT2D eigenvalue weighted by Crippen LogP contribution is 2.34. The van der Waals surface area contributed by atoms with Gasteiger partial charge in [-0.3, -0.25) is 4.98 Å². The van der Waals surface area contributed by atoms with Gasteiger partial charge in [-0.15, -0.1) is 0 Å². The number of hydrogen-bond donors (Lipinski definition) is 1. The number of nitrogens with zero attached hydrogens (tertiary/aromatic N) is 5. The van der Waals surface area contributed by atoms with Crippen LogP contribution in [0.3, 0.4) is 0 Å². The van der Waals surface area contributed by atoms with Crippen molar-refractivity contribution in [2.45, 2.75) is 44.1 Å². The molecule has 0 unspecified atom stereocenters. The number of hydrogen-bond acceptors (Lipinski definition) is 6. The van der Waals surface area contributed by atoms with Gasteiger partial charge in [-0.2, -0.15) is 0 Å². The molecule has 0 spiro atoms. The second-order valence-electron chi connectivity index (χ2n) is 9.10. The van der Waals surface area contributed by atoms with Gasteiger partial charge in [0.05, 0.1) is 11.1 Å². The Balaban J connectivity index is 1.17. The van der Waals surface area contributed by atoms with Crippen molar-refractivity contribution in [2.75, 3.05) is 30.8 Å². The summed E-state index contributed by atoms with van der Waals surface area (Å²) in [5.41, 5.74) is 1.84. The van der Waals surface area contributed by atoms with Gasteiger partial charge in [-0.1, -0.05) is 6.07 Å². The molecule has 1 aliphatic carbocycles. The van der Waals surface area contributed by atoms with Crippen molar-refractivity contribution < 1.29 is 8.42 Å². The van der Waals surface area contributed by atoms with E-state index in [9.17, 15) is 8.42 Å². The number of H-pyrrole nitrogens is 1. The minimum Gasteiger partial charge on any atom is -0.356 e. The molecule has 9 heteroatoms. The van der Waals surface area contributed by atoms with E-state index in [1.807, 2.05) is 30.5 Å². The fourth-order valence-electron chi connectivity index (χ4n) is 5.25. The molecule has 1 atom stereocenters. The van der Waals surface area contributed by atoms with Gasteiger partial charge in [0, 0.05) is 50.2 Å². The van der Waals surface area contributed by atoms with E-state index in [0.717, 1.165) is 54.6 Å². The lowest BCUT2D eigenvalue weighted by Gasteiger charge is -2.35. The molecule has 8 nitrogen and oxygen atoms in total. The van der Waals surface area contributed by atoms with Crippen molar-refractivity contribution in [3.63, 3.8) is 0 Å². The predicted octanol–water partition coefficient (Wildman–Crippen LogP) is 3.17. The summed E-state index contributed by atoms with van der Waals surface area (Å²) in [6, 6.07) is 8.23. The van der Waals surface area contributed by atoms with Crippen molar-refractivity contribution in [3.8, 4) is 0 Å². The normalized spacial score (nSPS) is 24.7. The Morgan fingerprint density at radius 1 is 1.09 bits per heavy atom. The smallest absolute Gasteiger partial charge is 0.214 e. The highest BCUT2D eigenvalue weighted by molar-refractivity contribution is 7.89. The summed E-state index contributed by atoms with van der Waals surface area (Å²) in [6.07, 6.45) is 9.91. The van der Waals surface area contributed by atoms with Crippen LogP contribution in [0.15, 0.2) is 43.0 Å². The summed E-state index contributed by atoms with van der Waals surface area (Å²) in [4.78, 5) is 18.6. The third-order valence-corrected chi connectivity index (χ3v) is 9.14. The van der Waals surface area contributed by atoms with E-state index in [0.29, 0.717) is 19.1 Å². The van der Waals surface area contributed by atoms with Gasteiger partial charge in [0.25, 0.3) is 0 Å². The van der Waals surface area contributed by atoms with Crippen LogP contribution < -0.4 is 4.90 Å². The maximum absolute atomic E-state index is 13.1. The zero-order valence-corrected chi connectivity index (χ0v) is 19.2. The molecule has 2 fully saturated rings. The molecule has 0 aromatic carbocycles. The zero-order chi connectivity index (χ0) is 22.1. The Bertz CT molecular complexity index is 1160. The highest BCUT2D eigenvalue weighted by Gasteiger charge is 2.35. The first-order valence-electron chi connectivity index (χ1n) is 11.4. The van der Waals surface area contributed by atoms with Gasteiger partial charge in [-0.25, -0.2) is 22.7 Å². The van der Waals surface area contributed by atoms with Gasteiger partial charge in [0.2, 0.25) is 10.0 Å². The van der Waals surface area contributed by atoms with Crippen molar-refractivity contribution in [2.24, 2.45) is 5.92 Å². The van der Waals surface area contributed by atoms with E-state index in [-0.39, 0.29) is 17.6 Å². The molecule has 0 amide bonds. The lowest BCUT2D eigenvalue weighted by Crippen LogP contribution is -2.39. The molecule has 5 rings (SSSR count). The Hall–Kier alpha value is -2.52. The van der Waals surface area contributed by atoms with Crippen molar-refractivity contribution in [3.05, 3.63) is 48.7 Å². The molecule has 1 saturated carbocycles. The van der Waals surface area contributed by atoms with Gasteiger partial charge < -0.3 is 9.88 Å². The molecule has 0 radical (unpaired) electrons. The lowest BCUT2D eigenvalue weighted by atomic mass is 9.86. The minimum atomic E-state index is -3.24. The van der Waals surface area contributed by atoms with Crippen LogP contribution in [0.4, 0.5) is 5.82 Å². The maximum atomic E-state index is 13.1.